The predicted octanol–water partition coefficient (Wildman–Crippen LogP) is 3.97. The number of likely N-dealkylation sites (tertiary alicyclic amines) is 1. The Kier molecular flexibility index (Phi) is 5.03. The van der Waals surface area contributed by atoms with Crippen molar-refractivity contribution in [3.63, 3.8) is 0 Å². The molecule has 0 unspecified atom stereocenters. The monoisotopic (exact) mass is 365 g/mol. The minimum Gasteiger partial charge on any atom is -0.497 e. The number of piperidine rings is 1. The van der Waals surface area contributed by atoms with E-state index in [2.05, 4.69) is 10.6 Å². The molecule has 2 saturated heterocycles. The molecule has 2 aliphatic rings. The summed E-state index contributed by atoms with van der Waals surface area (Å²) < 4.78 is 5.24. The maximum Gasteiger partial charge on any atom is 0.321 e. The van der Waals surface area contributed by atoms with E-state index >= 15 is 0 Å². The number of carbonyl (C=O) groups excluding carboxylic acids is 1. The maximum absolute atomic E-state index is 13.0. The molecule has 0 radical (unpaired) electrons. The van der Waals surface area contributed by atoms with Crippen LogP contribution in [-0.4, -0.2) is 44.2 Å². The molecule has 5 nitrogen and oxygen atoms in total. The number of carbonyl (C=O) groups is 1. The summed E-state index contributed by atoms with van der Waals surface area (Å²) in [5.41, 5.74) is 3.19. The molecule has 27 heavy (non-hydrogen) atoms. The Hall–Kier alpha value is -2.53. The second kappa shape index (κ2) is 7.61. The zero-order valence-electron chi connectivity index (χ0n) is 15.8. The van der Waals surface area contributed by atoms with E-state index < -0.39 is 0 Å². The van der Waals surface area contributed by atoms with Gasteiger partial charge in [-0.15, -0.1) is 0 Å². The summed E-state index contributed by atoms with van der Waals surface area (Å²) >= 11 is 0. The summed E-state index contributed by atoms with van der Waals surface area (Å²) in [6.07, 6.45) is 3.46. The molecule has 2 fully saturated rings. The summed E-state index contributed by atoms with van der Waals surface area (Å²) in [6.45, 7) is 3.77. The van der Waals surface area contributed by atoms with Crippen LogP contribution in [0, 0.1) is 5.41 Å². The van der Waals surface area contributed by atoms with E-state index in [9.17, 15) is 4.79 Å². The quantitative estimate of drug-likeness (QED) is 0.865. The molecule has 2 N–H and O–H groups in total. The summed E-state index contributed by atoms with van der Waals surface area (Å²) in [5, 5.41) is 6.61. The number of urea groups is 1. The number of benzene rings is 2. The summed E-state index contributed by atoms with van der Waals surface area (Å²) in [6, 6.07) is 15.9. The third-order valence-electron chi connectivity index (χ3n) is 5.85. The molecule has 2 heterocycles. The van der Waals surface area contributed by atoms with Gasteiger partial charge in [0, 0.05) is 30.6 Å². The van der Waals surface area contributed by atoms with Crippen LogP contribution in [0.15, 0.2) is 48.5 Å². The van der Waals surface area contributed by atoms with Crippen LogP contribution >= 0.6 is 0 Å². The van der Waals surface area contributed by atoms with Crippen LogP contribution in [-0.2, 0) is 0 Å². The number of rotatable bonds is 3. The van der Waals surface area contributed by atoms with Crippen LogP contribution in [0.2, 0.25) is 0 Å². The molecule has 4 rings (SSSR count). The molecule has 0 bridgehead atoms. The SMILES string of the molecule is COc1ccc(-c2ccccc2NC(=O)N2CCC[C@]3(CCNC3)C2)cc1. The number of para-hydroxylation sites is 1. The van der Waals surface area contributed by atoms with Crippen LogP contribution in [0.4, 0.5) is 10.5 Å². The predicted molar refractivity (Wildman–Crippen MR) is 108 cm³/mol. The van der Waals surface area contributed by atoms with Gasteiger partial charge >= 0.3 is 6.03 Å². The first kappa shape index (κ1) is 17.9. The molecule has 2 amide bonds. The molecule has 2 aromatic carbocycles. The number of hydrogen-bond donors (Lipinski definition) is 2. The highest BCUT2D eigenvalue weighted by Crippen LogP contribution is 2.36. The average molecular weight is 365 g/mol. The van der Waals surface area contributed by atoms with Crippen molar-refractivity contribution >= 4 is 11.7 Å². The third-order valence-corrected chi connectivity index (χ3v) is 5.85. The third kappa shape index (κ3) is 3.78. The van der Waals surface area contributed by atoms with Crippen molar-refractivity contribution in [3.8, 4) is 16.9 Å². The number of anilines is 1. The largest absolute Gasteiger partial charge is 0.497 e. The lowest BCUT2D eigenvalue weighted by atomic mass is 9.79. The van der Waals surface area contributed by atoms with Gasteiger partial charge in [-0.2, -0.15) is 0 Å². The molecule has 0 aliphatic carbocycles. The summed E-state index contributed by atoms with van der Waals surface area (Å²) in [7, 11) is 1.66. The smallest absolute Gasteiger partial charge is 0.321 e. The van der Waals surface area contributed by atoms with Crippen molar-refractivity contribution in [2.75, 3.05) is 38.6 Å². The first-order valence-corrected chi connectivity index (χ1v) is 9.69. The second-order valence-corrected chi connectivity index (χ2v) is 7.66. The zero-order chi connectivity index (χ0) is 18.7. The standard InChI is InChI=1S/C22H27N3O2/c1-27-18-9-7-17(8-10-18)19-5-2-3-6-20(19)24-21(26)25-14-4-11-22(16-25)12-13-23-15-22/h2-3,5-10,23H,4,11-16H2,1H3,(H,24,26)/t22-/m1/s1. The van der Waals surface area contributed by atoms with Gasteiger partial charge < -0.3 is 20.3 Å². The second-order valence-electron chi connectivity index (χ2n) is 7.66. The van der Waals surface area contributed by atoms with Crippen LogP contribution in [0.3, 0.4) is 0 Å². The number of ether oxygens (including phenoxy) is 1. The van der Waals surface area contributed by atoms with E-state index in [0.717, 1.165) is 55.2 Å². The fourth-order valence-electron chi connectivity index (χ4n) is 4.33. The van der Waals surface area contributed by atoms with E-state index in [4.69, 9.17) is 4.74 Å². The molecule has 0 aromatic heterocycles. The topological polar surface area (TPSA) is 53.6 Å². The van der Waals surface area contributed by atoms with Crippen LogP contribution in [0.5, 0.6) is 5.75 Å². The van der Waals surface area contributed by atoms with Gasteiger partial charge in [0.25, 0.3) is 0 Å². The Bertz CT molecular complexity index is 797. The van der Waals surface area contributed by atoms with Crippen molar-refractivity contribution in [2.45, 2.75) is 19.3 Å². The molecule has 2 aromatic rings. The van der Waals surface area contributed by atoms with Gasteiger partial charge in [-0.05, 0) is 49.6 Å². The Morgan fingerprint density at radius 1 is 1.15 bits per heavy atom. The number of nitrogens with zero attached hydrogens (tertiary/aromatic N) is 1. The minimum absolute atomic E-state index is 0.00179. The first-order valence-electron chi connectivity index (χ1n) is 9.69. The van der Waals surface area contributed by atoms with E-state index in [1.807, 2.05) is 53.4 Å². The number of methoxy groups -OCH3 is 1. The molecule has 1 spiro atoms. The number of nitrogens with one attached hydrogen (secondary N) is 2. The summed E-state index contributed by atoms with van der Waals surface area (Å²) in [4.78, 5) is 15.0. The lowest BCUT2D eigenvalue weighted by molar-refractivity contribution is 0.125. The van der Waals surface area contributed by atoms with Crippen molar-refractivity contribution < 1.29 is 9.53 Å². The van der Waals surface area contributed by atoms with Gasteiger partial charge in [-0.1, -0.05) is 30.3 Å². The Labute approximate surface area is 160 Å². The van der Waals surface area contributed by atoms with Crippen molar-refractivity contribution in [2.24, 2.45) is 5.41 Å². The highest BCUT2D eigenvalue weighted by molar-refractivity contribution is 5.94. The van der Waals surface area contributed by atoms with E-state index in [0.29, 0.717) is 0 Å². The lowest BCUT2D eigenvalue weighted by Crippen LogP contribution is -2.48. The minimum atomic E-state index is 0.00179. The highest BCUT2D eigenvalue weighted by atomic mass is 16.5. The van der Waals surface area contributed by atoms with Gasteiger partial charge in [-0.3, -0.25) is 0 Å². The molecule has 5 heteroatoms. The maximum atomic E-state index is 13.0. The first-order chi connectivity index (χ1) is 13.2. The Balaban J connectivity index is 1.51. The van der Waals surface area contributed by atoms with Crippen molar-refractivity contribution in [1.82, 2.24) is 10.2 Å². The van der Waals surface area contributed by atoms with Gasteiger partial charge in [0.15, 0.2) is 0 Å². The number of hydrogen-bond acceptors (Lipinski definition) is 3. The van der Waals surface area contributed by atoms with Crippen molar-refractivity contribution in [1.29, 1.82) is 0 Å². The fraction of sp³-hybridized carbons (Fsp3) is 0.409. The fourth-order valence-corrected chi connectivity index (χ4v) is 4.33. The number of amides is 2. The van der Waals surface area contributed by atoms with Gasteiger partial charge in [0.1, 0.15) is 5.75 Å². The van der Waals surface area contributed by atoms with Crippen LogP contribution < -0.4 is 15.4 Å². The van der Waals surface area contributed by atoms with Gasteiger partial charge in [0.05, 0.1) is 12.8 Å². The van der Waals surface area contributed by atoms with E-state index in [1.165, 1.54) is 12.8 Å². The Morgan fingerprint density at radius 2 is 1.96 bits per heavy atom. The van der Waals surface area contributed by atoms with Crippen molar-refractivity contribution in [3.05, 3.63) is 48.5 Å². The summed E-state index contributed by atoms with van der Waals surface area (Å²) in [5.74, 6) is 0.823. The van der Waals surface area contributed by atoms with E-state index in [1.54, 1.807) is 7.11 Å². The molecule has 0 saturated carbocycles. The molecule has 142 valence electrons. The van der Waals surface area contributed by atoms with Gasteiger partial charge in [0.2, 0.25) is 0 Å². The van der Waals surface area contributed by atoms with Crippen LogP contribution in [0.1, 0.15) is 19.3 Å². The van der Waals surface area contributed by atoms with Gasteiger partial charge in [-0.25, -0.2) is 4.79 Å². The molecule has 1 atom stereocenters. The zero-order valence-corrected chi connectivity index (χ0v) is 15.8. The molecular weight excluding hydrogens is 338 g/mol. The highest BCUT2D eigenvalue weighted by Gasteiger charge is 2.39. The normalized spacial score (nSPS) is 22.0. The molecular formula is C22H27N3O2. The Morgan fingerprint density at radius 3 is 2.70 bits per heavy atom. The lowest BCUT2D eigenvalue weighted by Gasteiger charge is -2.40. The van der Waals surface area contributed by atoms with E-state index in [-0.39, 0.29) is 11.4 Å². The molecule has 2 aliphatic heterocycles. The van der Waals surface area contributed by atoms with Crippen LogP contribution in [0.25, 0.3) is 11.1 Å². The average Bonchev–Trinajstić information content (AvgIpc) is 3.16.